The van der Waals surface area contributed by atoms with Crippen LogP contribution in [0.2, 0.25) is 0 Å². The molecular weight excluding hydrogens is 359 g/mol. The Morgan fingerprint density at radius 3 is 2.61 bits per heavy atom. The number of carbonyl (C=O) groups is 1. The van der Waals surface area contributed by atoms with E-state index in [1.54, 1.807) is 19.2 Å². The number of carbonyl (C=O) groups excluding carboxylic acids is 1. The third-order valence-corrected chi connectivity index (χ3v) is 5.27. The standard InChI is InChI=1S/C22H29FN2O3/c1-27-16-21-8-7-20(28-21)15-25-12-10-17(11-13-25)4-9-22(26)24-14-18-2-5-19(23)6-3-18/h2-3,5-8,17H,4,9-16H2,1H3,(H,24,26). The third kappa shape index (κ3) is 6.46. The number of methoxy groups -OCH3 is 1. The first kappa shape index (κ1) is 20.6. The highest BCUT2D eigenvalue weighted by Crippen LogP contribution is 2.23. The summed E-state index contributed by atoms with van der Waals surface area (Å²) in [6.45, 7) is 3.84. The molecule has 1 aliphatic heterocycles. The van der Waals surface area contributed by atoms with E-state index in [9.17, 15) is 9.18 Å². The Bertz CT molecular complexity index is 736. The molecule has 1 aromatic heterocycles. The van der Waals surface area contributed by atoms with Crippen molar-refractivity contribution in [2.45, 2.75) is 45.4 Å². The van der Waals surface area contributed by atoms with E-state index in [-0.39, 0.29) is 11.7 Å². The molecule has 0 saturated carbocycles. The number of hydrogen-bond donors (Lipinski definition) is 1. The molecule has 1 N–H and O–H groups in total. The van der Waals surface area contributed by atoms with Gasteiger partial charge in [-0.05, 0) is 68.1 Å². The molecule has 0 spiro atoms. The van der Waals surface area contributed by atoms with Gasteiger partial charge in [-0.1, -0.05) is 12.1 Å². The lowest BCUT2D eigenvalue weighted by Gasteiger charge is -2.31. The Morgan fingerprint density at radius 1 is 1.18 bits per heavy atom. The quantitative estimate of drug-likeness (QED) is 0.708. The zero-order valence-electron chi connectivity index (χ0n) is 16.5. The molecular formula is C22H29FN2O3. The van der Waals surface area contributed by atoms with Crippen LogP contribution in [0, 0.1) is 11.7 Å². The zero-order valence-corrected chi connectivity index (χ0v) is 16.5. The average Bonchev–Trinajstić information content (AvgIpc) is 3.14. The topological polar surface area (TPSA) is 54.7 Å². The van der Waals surface area contributed by atoms with E-state index in [1.807, 2.05) is 12.1 Å². The molecule has 1 saturated heterocycles. The molecule has 0 atom stereocenters. The maximum absolute atomic E-state index is 12.9. The first-order chi connectivity index (χ1) is 13.6. The fourth-order valence-electron chi connectivity index (χ4n) is 3.61. The Hall–Kier alpha value is -2.18. The van der Waals surface area contributed by atoms with Crippen molar-refractivity contribution >= 4 is 5.91 Å². The van der Waals surface area contributed by atoms with Gasteiger partial charge >= 0.3 is 0 Å². The van der Waals surface area contributed by atoms with E-state index < -0.39 is 0 Å². The Labute approximate surface area is 165 Å². The summed E-state index contributed by atoms with van der Waals surface area (Å²) < 4.78 is 23.7. The number of nitrogens with one attached hydrogen (secondary N) is 1. The van der Waals surface area contributed by atoms with Crippen LogP contribution in [0.15, 0.2) is 40.8 Å². The number of hydrogen-bond acceptors (Lipinski definition) is 4. The van der Waals surface area contributed by atoms with Crippen LogP contribution >= 0.6 is 0 Å². The van der Waals surface area contributed by atoms with Crippen LogP contribution in [0.4, 0.5) is 4.39 Å². The summed E-state index contributed by atoms with van der Waals surface area (Å²) in [4.78, 5) is 14.5. The van der Waals surface area contributed by atoms with E-state index in [0.717, 1.165) is 56.0 Å². The fraction of sp³-hybridized carbons (Fsp3) is 0.500. The molecule has 2 aromatic rings. The molecule has 152 valence electrons. The monoisotopic (exact) mass is 388 g/mol. The van der Waals surface area contributed by atoms with Gasteiger partial charge < -0.3 is 14.5 Å². The molecule has 1 amide bonds. The van der Waals surface area contributed by atoms with Crippen molar-refractivity contribution in [2.75, 3.05) is 20.2 Å². The van der Waals surface area contributed by atoms with E-state index in [2.05, 4.69) is 10.2 Å². The molecule has 0 bridgehead atoms. The summed E-state index contributed by atoms with van der Waals surface area (Å²) >= 11 is 0. The predicted octanol–water partition coefficient (Wildman–Crippen LogP) is 3.87. The minimum Gasteiger partial charge on any atom is -0.462 e. The van der Waals surface area contributed by atoms with Gasteiger partial charge in [0.15, 0.2) is 0 Å². The lowest BCUT2D eigenvalue weighted by molar-refractivity contribution is -0.121. The highest BCUT2D eigenvalue weighted by molar-refractivity contribution is 5.75. The van der Waals surface area contributed by atoms with Crippen molar-refractivity contribution in [1.29, 1.82) is 0 Å². The number of piperidine rings is 1. The van der Waals surface area contributed by atoms with Crippen LogP contribution in [0.25, 0.3) is 0 Å². The molecule has 6 heteroatoms. The number of halogens is 1. The number of rotatable bonds is 9. The van der Waals surface area contributed by atoms with E-state index >= 15 is 0 Å². The Kier molecular flexibility index (Phi) is 7.62. The largest absolute Gasteiger partial charge is 0.462 e. The molecule has 0 aliphatic carbocycles. The van der Waals surface area contributed by atoms with Gasteiger partial charge in [0.05, 0.1) is 6.54 Å². The minimum absolute atomic E-state index is 0.0630. The van der Waals surface area contributed by atoms with Gasteiger partial charge in [-0.2, -0.15) is 0 Å². The van der Waals surface area contributed by atoms with E-state index in [0.29, 0.717) is 25.5 Å². The number of likely N-dealkylation sites (tertiary alicyclic amines) is 1. The maximum Gasteiger partial charge on any atom is 0.220 e. The number of ether oxygens (including phenoxy) is 1. The number of nitrogens with zero attached hydrogens (tertiary/aromatic N) is 1. The van der Waals surface area contributed by atoms with Crippen LogP contribution in [-0.4, -0.2) is 31.0 Å². The molecule has 28 heavy (non-hydrogen) atoms. The van der Waals surface area contributed by atoms with E-state index in [1.165, 1.54) is 12.1 Å². The van der Waals surface area contributed by atoms with Crippen LogP contribution in [0.1, 0.15) is 42.8 Å². The van der Waals surface area contributed by atoms with Crippen LogP contribution in [0.5, 0.6) is 0 Å². The molecule has 5 nitrogen and oxygen atoms in total. The highest BCUT2D eigenvalue weighted by atomic mass is 19.1. The van der Waals surface area contributed by atoms with Gasteiger partial charge in [-0.15, -0.1) is 0 Å². The Morgan fingerprint density at radius 2 is 1.89 bits per heavy atom. The second-order valence-electron chi connectivity index (χ2n) is 7.46. The molecule has 2 heterocycles. The van der Waals surface area contributed by atoms with Gasteiger partial charge in [0.1, 0.15) is 23.9 Å². The van der Waals surface area contributed by atoms with Gasteiger partial charge in [-0.3, -0.25) is 9.69 Å². The first-order valence-electron chi connectivity index (χ1n) is 9.92. The Balaban J connectivity index is 1.31. The van der Waals surface area contributed by atoms with Gasteiger partial charge in [0.25, 0.3) is 0 Å². The minimum atomic E-state index is -0.260. The van der Waals surface area contributed by atoms with Crippen LogP contribution < -0.4 is 5.32 Å². The maximum atomic E-state index is 12.9. The van der Waals surface area contributed by atoms with Crippen molar-refractivity contribution in [3.05, 3.63) is 59.3 Å². The van der Waals surface area contributed by atoms with Crippen molar-refractivity contribution < 1.29 is 18.3 Å². The molecule has 1 aliphatic rings. The SMILES string of the molecule is COCc1ccc(CN2CCC(CCC(=O)NCc3ccc(F)cc3)CC2)o1. The smallest absolute Gasteiger partial charge is 0.220 e. The lowest BCUT2D eigenvalue weighted by atomic mass is 9.92. The molecule has 1 aromatic carbocycles. The molecule has 3 rings (SSSR count). The third-order valence-electron chi connectivity index (χ3n) is 5.27. The average molecular weight is 388 g/mol. The predicted molar refractivity (Wildman–Crippen MR) is 105 cm³/mol. The van der Waals surface area contributed by atoms with E-state index in [4.69, 9.17) is 9.15 Å². The van der Waals surface area contributed by atoms with Crippen molar-refractivity contribution in [3.8, 4) is 0 Å². The molecule has 0 radical (unpaired) electrons. The van der Waals surface area contributed by atoms with Crippen molar-refractivity contribution in [2.24, 2.45) is 5.92 Å². The summed E-state index contributed by atoms with van der Waals surface area (Å²) in [5, 5.41) is 2.92. The fourth-order valence-corrected chi connectivity index (χ4v) is 3.61. The second kappa shape index (κ2) is 10.4. The molecule has 1 fully saturated rings. The van der Waals surface area contributed by atoms with Crippen LogP contribution in [-0.2, 0) is 29.2 Å². The summed E-state index contributed by atoms with van der Waals surface area (Å²) in [5.41, 5.74) is 0.912. The van der Waals surface area contributed by atoms with Gasteiger partial charge in [-0.25, -0.2) is 4.39 Å². The molecule has 0 unspecified atom stereocenters. The van der Waals surface area contributed by atoms with Crippen molar-refractivity contribution in [3.63, 3.8) is 0 Å². The summed E-state index contributed by atoms with van der Waals surface area (Å²) in [6, 6.07) is 10.2. The highest BCUT2D eigenvalue weighted by Gasteiger charge is 2.20. The zero-order chi connectivity index (χ0) is 19.8. The van der Waals surface area contributed by atoms with Gasteiger partial charge in [0, 0.05) is 20.1 Å². The van der Waals surface area contributed by atoms with Crippen LogP contribution in [0.3, 0.4) is 0 Å². The normalized spacial score (nSPS) is 15.6. The number of furan rings is 1. The summed E-state index contributed by atoms with van der Waals surface area (Å²) in [6.07, 6.45) is 3.68. The van der Waals surface area contributed by atoms with Gasteiger partial charge in [0.2, 0.25) is 5.91 Å². The number of amides is 1. The first-order valence-corrected chi connectivity index (χ1v) is 9.92. The lowest BCUT2D eigenvalue weighted by Crippen LogP contribution is -2.33. The second-order valence-corrected chi connectivity index (χ2v) is 7.46. The number of benzene rings is 1. The van der Waals surface area contributed by atoms with Crippen molar-refractivity contribution in [1.82, 2.24) is 10.2 Å². The summed E-state index contributed by atoms with van der Waals surface area (Å²) in [5.74, 6) is 2.23. The summed E-state index contributed by atoms with van der Waals surface area (Å²) in [7, 11) is 1.66.